The van der Waals surface area contributed by atoms with Gasteiger partial charge in [0.15, 0.2) is 5.78 Å². The van der Waals surface area contributed by atoms with E-state index >= 15 is 0 Å². The molecule has 0 saturated heterocycles. The molecule has 2 heteroatoms. The van der Waals surface area contributed by atoms with Gasteiger partial charge in [0.2, 0.25) is 0 Å². The van der Waals surface area contributed by atoms with Crippen LogP contribution >= 0.6 is 0 Å². The van der Waals surface area contributed by atoms with Crippen molar-refractivity contribution in [1.82, 2.24) is 0 Å². The van der Waals surface area contributed by atoms with E-state index in [1.807, 2.05) is 0 Å². The first kappa shape index (κ1) is 10.7. The monoisotopic (exact) mass is 184 g/mol. The lowest BCUT2D eigenvalue weighted by atomic mass is 9.99. The Morgan fingerprint density at radius 3 is 2.23 bits per heavy atom. The van der Waals surface area contributed by atoms with Gasteiger partial charge in [-0.25, -0.2) is 0 Å². The second kappa shape index (κ2) is 6.14. The molecule has 13 heavy (non-hydrogen) atoms. The summed E-state index contributed by atoms with van der Waals surface area (Å²) in [5.74, 6) is 0.141. The fraction of sp³-hybridized carbons (Fsp3) is 0.909. The molecule has 0 aromatic carbocycles. The molecule has 0 radical (unpaired) electrons. The summed E-state index contributed by atoms with van der Waals surface area (Å²) < 4.78 is 5.53. The highest BCUT2D eigenvalue weighted by atomic mass is 16.5. The van der Waals surface area contributed by atoms with Gasteiger partial charge in [-0.3, -0.25) is 4.79 Å². The van der Waals surface area contributed by atoms with Gasteiger partial charge in [0.1, 0.15) is 6.61 Å². The smallest absolute Gasteiger partial charge is 0.155 e. The standard InChI is InChI=1S/C11H20O2/c1-10(12)9-13-11-7-5-3-2-4-6-8-11/h11H,2-9H2,1H3. The predicted octanol–water partition coefficient (Wildman–Crippen LogP) is 2.70. The number of rotatable bonds is 3. The number of hydrogen-bond donors (Lipinski definition) is 0. The summed E-state index contributed by atoms with van der Waals surface area (Å²) >= 11 is 0. The summed E-state index contributed by atoms with van der Waals surface area (Å²) in [5, 5.41) is 0. The van der Waals surface area contributed by atoms with Crippen LogP contribution in [0.15, 0.2) is 0 Å². The predicted molar refractivity (Wildman–Crippen MR) is 52.7 cm³/mol. The van der Waals surface area contributed by atoms with Crippen molar-refractivity contribution in [3.63, 3.8) is 0 Å². The lowest BCUT2D eigenvalue weighted by Gasteiger charge is -2.19. The van der Waals surface area contributed by atoms with E-state index in [0.29, 0.717) is 12.7 Å². The maximum Gasteiger partial charge on any atom is 0.155 e. The van der Waals surface area contributed by atoms with Gasteiger partial charge in [-0.2, -0.15) is 0 Å². The molecular weight excluding hydrogens is 164 g/mol. The Labute approximate surface area is 80.7 Å². The molecule has 0 unspecified atom stereocenters. The van der Waals surface area contributed by atoms with Crippen LogP contribution in [0.2, 0.25) is 0 Å². The molecule has 0 bridgehead atoms. The third-order valence-corrected chi connectivity index (χ3v) is 2.57. The fourth-order valence-corrected chi connectivity index (χ4v) is 1.82. The van der Waals surface area contributed by atoms with Crippen molar-refractivity contribution in [1.29, 1.82) is 0 Å². The Morgan fingerprint density at radius 2 is 1.69 bits per heavy atom. The minimum Gasteiger partial charge on any atom is -0.370 e. The highest BCUT2D eigenvalue weighted by Gasteiger charge is 2.11. The van der Waals surface area contributed by atoms with Crippen molar-refractivity contribution < 1.29 is 9.53 Å². The molecule has 1 saturated carbocycles. The van der Waals surface area contributed by atoms with E-state index in [0.717, 1.165) is 12.8 Å². The van der Waals surface area contributed by atoms with Crippen LogP contribution in [0.25, 0.3) is 0 Å². The van der Waals surface area contributed by atoms with E-state index in [1.165, 1.54) is 32.1 Å². The summed E-state index contributed by atoms with van der Waals surface area (Å²) in [6.45, 7) is 1.90. The Kier molecular flexibility index (Phi) is 5.06. The number of carbonyl (C=O) groups is 1. The van der Waals surface area contributed by atoms with Gasteiger partial charge < -0.3 is 4.74 Å². The van der Waals surface area contributed by atoms with Crippen LogP contribution in [0.5, 0.6) is 0 Å². The van der Waals surface area contributed by atoms with Gasteiger partial charge >= 0.3 is 0 Å². The zero-order valence-electron chi connectivity index (χ0n) is 8.55. The number of carbonyl (C=O) groups excluding carboxylic acids is 1. The first-order valence-corrected chi connectivity index (χ1v) is 5.40. The van der Waals surface area contributed by atoms with Crippen molar-refractivity contribution in [2.75, 3.05) is 6.61 Å². The second-order valence-corrected chi connectivity index (χ2v) is 3.98. The molecule has 1 aliphatic carbocycles. The van der Waals surface area contributed by atoms with Gasteiger partial charge in [-0.05, 0) is 19.8 Å². The van der Waals surface area contributed by atoms with Crippen molar-refractivity contribution in [2.24, 2.45) is 0 Å². The summed E-state index contributed by atoms with van der Waals surface area (Å²) in [7, 11) is 0. The molecule has 0 amide bonds. The third kappa shape index (κ3) is 5.04. The summed E-state index contributed by atoms with van der Waals surface area (Å²) in [6.07, 6.45) is 9.22. The maximum atomic E-state index is 10.7. The second-order valence-electron chi connectivity index (χ2n) is 3.98. The van der Waals surface area contributed by atoms with Crippen molar-refractivity contribution in [2.45, 2.75) is 58.0 Å². The Balaban J connectivity index is 2.17. The molecule has 0 aromatic heterocycles. The van der Waals surface area contributed by atoms with E-state index in [-0.39, 0.29) is 5.78 Å². The van der Waals surface area contributed by atoms with Gasteiger partial charge in [0.25, 0.3) is 0 Å². The Morgan fingerprint density at radius 1 is 1.15 bits per heavy atom. The van der Waals surface area contributed by atoms with Gasteiger partial charge in [0, 0.05) is 0 Å². The molecule has 0 aromatic rings. The fourth-order valence-electron chi connectivity index (χ4n) is 1.82. The van der Waals surface area contributed by atoms with Gasteiger partial charge in [-0.15, -0.1) is 0 Å². The zero-order chi connectivity index (χ0) is 9.52. The first-order chi connectivity index (χ1) is 6.29. The summed E-state index contributed by atoms with van der Waals surface area (Å²) in [4.78, 5) is 10.7. The molecule has 76 valence electrons. The molecule has 0 atom stereocenters. The average molecular weight is 184 g/mol. The molecule has 0 heterocycles. The van der Waals surface area contributed by atoms with Crippen molar-refractivity contribution >= 4 is 5.78 Å². The van der Waals surface area contributed by atoms with Crippen LogP contribution in [-0.2, 0) is 9.53 Å². The number of hydrogen-bond acceptors (Lipinski definition) is 2. The molecule has 1 fully saturated rings. The SMILES string of the molecule is CC(=O)COC1CCCCCCC1. The third-order valence-electron chi connectivity index (χ3n) is 2.57. The van der Waals surface area contributed by atoms with Crippen LogP contribution < -0.4 is 0 Å². The van der Waals surface area contributed by atoms with E-state index < -0.39 is 0 Å². The number of ketones is 1. The molecule has 0 aliphatic heterocycles. The molecule has 0 N–H and O–H groups in total. The van der Waals surface area contributed by atoms with E-state index in [1.54, 1.807) is 6.92 Å². The highest BCUT2D eigenvalue weighted by molar-refractivity contribution is 5.76. The molecule has 2 nitrogen and oxygen atoms in total. The van der Waals surface area contributed by atoms with Crippen LogP contribution in [0, 0.1) is 0 Å². The minimum atomic E-state index is 0.141. The number of ether oxygens (including phenoxy) is 1. The molecular formula is C11H20O2. The van der Waals surface area contributed by atoms with E-state index in [2.05, 4.69) is 0 Å². The summed E-state index contributed by atoms with van der Waals surface area (Å²) in [5.41, 5.74) is 0. The molecule has 1 aliphatic rings. The molecule has 1 rings (SSSR count). The largest absolute Gasteiger partial charge is 0.370 e. The van der Waals surface area contributed by atoms with Crippen molar-refractivity contribution in [3.8, 4) is 0 Å². The van der Waals surface area contributed by atoms with Gasteiger partial charge in [0.05, 0.1) is 6.10 Å². The quantitative estimate of drug-likeness (QED) is 0.674. The van der Waals surface area contributed by atoms with Crippen LogP contribution in [0.3, 0.4) is 0 Å². The summed E-state index contributed by atoms with van der Waals surface area (Å²) in [6, 6.07) is 0. The lowest BCUT2D eigenvalue weighted by molar-refractivity contribution is -0.123. The maximum absolute atomic E-state index is 10.7. The highest BCUT2D eigenvalue weighted by Crippen LogP contribution is 2.19. The Hall–Kier alpha value is -0.370. The van der Waals surface area contributed by atoms with Crippen LogP contribution in [0.4, 0.5) is 0 Å². The van der Waals surface area contributed by atoms with Crippen LogP contribution in [0.1, 0.15) is 51.9 Å². The van der Waals surface area contributed by atoms with E-state index in [9.17, 15) is 4.79 Å². The topological polar surface area (TPSA) is 26.3 Å². The van der Waals surface area contributed by atoms with E-state index in [4.69, 9.17) is 4.74 Å². The normalized spacial score (nSPS) is 20.7. The first-order valence-electron chi connectivity index (χ1n) is 5.40. The zero-order valence-corrected chi connectivity index (χ0v) is 8.55. The lowest BCUT2D eigenvalue weighted by Crippen LogP contribution is -2.18. The molecule has 0 spiro atoms. The Bertz CT molecular complexity index is 146. The van der Waals surface area contributed by atoms with Crippen molar-refractivity contribution in [3.05, 3.63) is 0 Å². The number of Topliss-reactive ketones (excluding diaryl/α,β-unsaturated/α-hetero) is 1. The average Bonchev–Trinajstić information content (AvgIpc) is 2.01. The van der Waals surface area contributed by atoms with Gasteiger partial charge in [-0.1, -0.05) is 32.1 Å². The van der Waals surface area contributed by atoms with Crippen LogP contribution in [-0.4, -0.2) is 18.5 Å². The minimum absolute atomic E-state index is 0.141.